The second-order valence-corrected chi connectivity index (χ2v) is 4.49. The van der Waals surface area contributed by atoms with Gasteiger partial charge in [-0.15, -0.1) is 0 Å². The van der Waals surface area contributed by atoms with Gasteiger partial charge in [0.15, 0.2) is 0 Å². The van der Waals surface area contributed by atoms with Crippen LogP contribution in [0.5, 0.6) is 0 Å². The van der Waals surface area contributed by atoms with E-state index in [0.29, 0.717) is 0 Å². The zero-order chi connectivity index (χ0) is 11.6. The van der Waals surface area contributed by atoms with Crippen molar-refractivity contribution < 1.29 is 0 Å². The highest BCUT2D eigenvalue weighted by Gasteiger charge is 2.28. The van der Waals surface area contributed by atoms with Gasteiger partial charge in [-0.25, -0.2) is 0 Å². The van der Waals surface area contributed by atoms with Crippen LogP contribution in [0.1, 0.15) is 12.5 Å². The fourth-order valence-corrected chi connectivity index (χ4v) is 1.88. The van der Waals surface area contributed by atoms with E-state index >= 15 is 0 Å². The quantitative estimate of drug-likeness (QED) is 0.794. The summed E-state index contributed by atoms with van der Waals surface area (Å²) in [4.78, 5) is 0. The minimum Gasteiger partial charge on any atom is -0.374 e. The first-order chi connectivity index (χ1) is 7.62. The summed E-state index contributed by atoms with van der Waals surface area (Å²) in [7, 11) is 0. The summed E-state index contributed by atoms with van der Waals surface area (Å²) in [6.45, 7) is 4.21. The molecule has 2 rings (SSSR count). The lowest BCUT2D eigenvalue weighted by atomic mass is 9.88. The smallest absolute Gasteiger partial charge is 0.0717 e. The topological polar surface area (TPSA) is 38.0 Å². The van der Waals surface area contributed by atoms with Crippen LogP contribution in [0.4, 0.5) is 5.69 Å². The highest BCUT2D eigenvalue weighted by Crippen LogP contribution is 2.24. The van der Waals surface area contributed by atoms with Crippen molar-refractivity contribution in [1.82, 2.24) is 0 Å². The van der Waals surface area contributed by atoms with Crippen LogP contribution in [-0.2, 0) is 0 Å². The lowest BCUT2D eigenvalue weighted by Gasteiger charge is -2.35. The maximum atomic E-state index is 6.11. The number of hydrogen-bond donors (Lipinski definition) is 2. The Morgan fingerprint density at radius 3 is 2.69 bits per heavy atom. The largest absolute Gasteiger partial charge is 0.374 e. The Labute approximate surface area is 96.9 Å². The lowest BCUT2D eigenvalue weighted by molar-refractivity contribution is 0.556. The van der Waals surface area contributed by atoms with Crippen molar-refractivity contribution in [2.75, 3.05) is 5.32 Å². The molecule has 0 saturated carbocycles. The van der Waals surface area contributed by atoms with Crippen LogP contribution < -0.4 is 11.1 Å². The minimum atomic E-state index is -0.207. The maximum absolute atomic E-state index is 6.11. The zero-order valence-corrected chi connectivity index (χ0v) is 9.77. The van der Waals surface area contributed by atoms with Gasteiger partial charge in [0.25, 0.3) is 0 Å². The van der Waals surface area contributed by atoms with Gasteiger partial charge in [0.05, 0.1) is 5.54 Å². The third-order valence-electron chi connectivity index (χ3n) is 3.11. The van der Waals surface area contributed by atoms with Gasteiger partial charge in [-0.3, -0.25) is 0 Å². The number of benzene rings is 1. The van der Waals surface area contributed by atoms with E-state index in [9.17, 15) is 0 Å². The van der Waals surface area contributed by atoms with Crippen LogP contribution in [0, 0.1) is 6.92 Å². The van der Waals surface area contributed by atoms with Gasteiger partial charge >= 0.3 is 0 Å². The van der Waals surface area contributed by atoms with E-state index in [4.69, 9.17) is 5.73 Å². The predicted molar refractivity (Wildman–Crippen MR) is 69.5 cm³/mol. The normalized spacial score (nSPS) is 28.1. The molecule has 0 aliphatic heterocycles. The van der Waals surface area contributed by atoms with Gasteiger partial charge in [0, 0.05) is 11.7 Å². The Balaban J connectivity index is 2.24. The molecule has 2 nitrogen and oxygen atoms in total. The third kappa shape index (κ3) is 2.02. The third-order valence-corrected chi connectivity index (χ3v) is 3.11. The number of rotatable bonds is 2. The van der Waals surface area contributed by atoms with E-state index < -0.39 is 0 Å². The molecule has 16 heavy (non-hydrogen) atoms. The average Bonchev–Trinajstić information content (AvgIpc) is 2.26. The van der Waals surface area contributed by atoms with E-state index in [1.165, 1.54) is 5.56 Å². The van der Waals surface area contributed by atoms with Crippen molar-refractivity contribution in [1.29, 1.82) is 0 Å². The Morgan fingerprint density at radius 2 is 2.00 bits per heavy atom. The molecule has 0 saturated heterocycles. The van der Waals surface area contributed by atoms with Crippen LogP contribution in [0.15, 0.2) is 48.6 Å². The molecule has 1 aliphatic carbocycles. The minimum absolute atomic E-state index is 0.00268. The molecule has 0 fully saturated rings. The molecule has 3 N–H and O–H groups in total. The van der Waals surface area contributed by atoms with Crippen molar-refractivity contribution in [3.8, 4) is 0 Å². The summed E-state index contributed by atoms with van der Waals surface area (Å²) in [5.74, 6) is 0. The fourth-order valence-electron chi connectivity index (χ4n) is 1.88. The van der Waals surface area contributed by atoms with Crippen LogP contribution in [-0.4, -0.2) is 11.6 Å². The van der Waals surface area contributed by atoms with Gasteiger partial charge in [-0.1, -0.05) is 42.5 Å². The monoisotopic (exact) mass is 214 g/mol. The first-order valence-corrected chi connectivity index (χ1v) is 5.57. The number of para-hydroxylation sites is 1. The second-order valence-electron chi connectivity index (χ2n) is 4.49. The molecule has 0 spiro atoms. The highest BCUT2D eigenvalue weighted by atomic mass is 15.0. The summed E-state index contributed by atoms with van der Waals surface area (Å²) in [5, 5.41) is 3.51. The summed E-state index contributed by atoms with van der Waals surface area (Å²) in [5.41, 5.74) is 8.28. The van der Waals surface area contributed by atoms with E-state index in [1.54, 1.807) is 0 Å². The average molecular weight is 214 g/mol. The highest BCUT2D eigenvalue weighted by molar-refractivity contribution is 5.54. The zero-order valence-electron chi connectivity index (χ0n) is 9.77. The maximum Gasteiger partial charge on any atom is 0.0717 e. The molecule has 0 radical (unpaired) electrons. The number of aryl methyl sites for hydroxylation is 1. The lowest BCUT2D eigenvalue weighted by Crippen LogP contribution is -2.50. The van der Waals surface area contributed by atoms with Crippen LogP contribution in [0.3, 0.4) is 0 Å². The van der Waals surface area contributed by atoms with Gasteiger partial charge in [-0.2, -0.15) is 0 Å². The van der Waals surface area contributed by atoms with E-state index in [-0.39, 0.29) is 11.6 Å². The first kappa shape index (κ1) is 11.0. The van der Waals surface area contributed by atoms with Crippen LogP contribution >= 0.6 is 0 Å². The Bertz CT molecular complexity index is 434. The van der Waals surface area contributed by atoms with Crippen LogP contribution in [0.25, 0.3) is 0 Å². The summed E-state index contributed by atoms with van der Waals surface area (Å²) < 4.78 is 0. The van der Waals surface area contributed by atoms with Crippen molar-refractivity contribution in [3.05, 3.63) is 54.1 Å². The molecule has 2 atom stereocenters. The number of nitrogens with one attached hydrogen (secondary N) is 1. The van der Waals surface area contributed by atoms with Gasteiger partial charge < -0.3 is 11.1 Å². The van der Waals surface area contributed by atoms with Crippen LogP contribution in [0.2, 0.25) is 0 Å². The van der Waals surface area contributed by atoms with Crippen molar-refractivity contribution in [2.45, 2.75) is 25.4 Å². The molecule has 1 aromatic rings. The Kier molecular flexibility index (Phi) is 2.84. The number of anilines is 1. The molecule has 0 bridgehead atoms. The Morgan fingerprint density at radius 1 is 1.25 bits per heavy atom. The number of nitrogens with two attached hydrogens (primary N) is 1. The molecule has 0 aromatic heterocycles. The van der Waals surface area contributed by atoms with Gasteiger partial charge in [0.2, 0.25) is 0 Å². The molecular weight excluding hydrogens is 196 g/mol. The summed E-state index contributed by atoms with van der Waals surface area (Å²) >= 11 is 0. The fraction of sp³-hybridized carbons (Fsp3) is 0.286. The standard InChI is InChI=1S/C14H18N2/c1-11-7-3-4-8-12(11)16-14(2)10-6-5-9-13(14)15/h3-10,13,16H,15H2,1-2H3. The molecule has 1 aliphatic rings. The predicted octanol–water partition coefficient (Wildman–Crippen LogP) is 2.62. The van der Waals surface area contributed by atoms with E-state index in [2.05, 4.69) is 37.4 Å². The van der Waals surface area contributed by atoms with Gasteiger partial charge in [-0.05, 0) is 25.5 Å². The molecule has 0 amide bonds. The Hall–Kier alpha value is -1.54. The molecule has 84 valence electrons. The molecule has 0 heterocycles. The SMILES string of the molecule is Cc1ccccc1NC1(C)C=CC=CC1N. The molecular formula is C14H18N2. The number of hydrogen-bond acceptors (Lipinski definition) is 2. The van der Waals surface area contributed by atoms with E-state index in [1.807, 2.05) is 30.4 Å². The molecule has 2 unspecified atom stereocenters. The summed E-state index contributed by atoms with van der Waals surface area (Å²) in [6.07, 6.45) is 8.16. The van der Waals surface area contributed by atoms with E-state index in [0.717, 1.165) is 5.69 Å². The first-order valence-electron chi connectivity index (χ1n) is 5.57. The molecule has 2 heteroatoms. The summed E-state index contributed by atoms with van der Waals surface area (Å²) in [6, 6.07) is 8.25. The molecule has 1 aromatic carbocycles. The number of allylic oxidation sites excluding steroid dienone is 2. The van der Waals surface area contributed by atoms with Crippen molar-refractivity contribution in [3.63, 3.8) is 0 Å². The second kappa shape index (κ2) is 4.14. The van der Waals surface area contributed by atoms with Crippen molar-refractivity contribution in [2.24, 2.45) is 5.73 Å². The van der Waals surface area contributed by atoms with Crippen molar-refractivity contribution >= 4 is 5.69 Å². The van der Waals surface area contributed by atoms with Gasteiger partial charge in [0.1, 0.15) is 0 Å².